The van der Waals surface area contributed by atoms with Gasteiger partial charge in [0.05, 0.1) is 12.3 Å². The minimum Gasteiger partial charge on any atom is -0.395 e. The second-order valence-corrected chi connectivity index (χ2v) is 6.64. The maximum absolute atomic E-state index is 14.4. The second kappa shape index (κ2) is 9.36. The Morgan fingerprint density at radius 3 is 2.64 bits per heavy atom. The van der Waals surface area contributed by atoms with Gasteiger partial charge < -0.3 is 14.8 Å². The summed E-state index contributed by atoms with van der Waals surface area (Å²) in [6, 6.07) is 4.88. The zero-order valence-electron chi connectivity index (χ0n) is 15.8. The van der Waals surface area contributed by atoms with Crippen LogP contribution >= 0.6 is 0 Å². The average Bonchev–Trinajstić information content (AvgIpc) is 2.72. The highest BCUT2D eigenvalue weighted by atomic mass is 19.1. The first-order valence-corrected chi connectivity index (χ1v) is 9.21. The molecular formula is C20H23FN4O3. The van der Waals surface area contributed by atoms with Crippen LogP contribution in [-0.2, 0) is 16.2 Å². The quantitative estimate of drug-likeness (QED) is 0.582. The summed E-state index contributed by atoms with van der Waals surface area (Å²) < 4.78 is 14.4. The van der Waals surface area contributed by atoms with Crippen LogP contribution in [0, 0.1) is 5.82 Å². The van der Waals surface area contributed by atoms with Crippen molar-refractivity contribution in [1.29, 1.82) is 0 Å². The van der Waals surface area contributed by atoms with Crippen molar-refractivity contribution in [2.75, 3.05) is 24.6 Å². The third-order valence-corrected chi connectivity index (χ3v) is 4.56. The first kappa shape index (κ1) is 19.9. The fourth-order valence-electron chi connectivity index (χ4n) is 2.93. The van der Waals surface area contributed by atoms with Crippen molar-refractivity contribution in [2.24, 2.45) is 5.16 Å². The van der Waals surface area contributed by atoms with Crippen LogP contribution in [0.4, 0.5) is 10.3 Å². The molecule has 2 heterocycles. The molecule has 0 spiro atoms. The molecule has 0 amide bonds. The highest BCUT2D eigenvalue weighted by Crippen LogP contribution is 2.25. The molecule has 1 aliphatic heterocycles. The van der Waals surface area contributed by atoms with Crippen molar-refractivity contribution in [3.8, 4) is 11.1 Å². The Balaban J connectivity index is 1.59. The minimum atomic E-state index is -0.454. The van der Waals surface area contributed by atoms with E-state index in [-0.39, 0.29) is 18.0 Å². The Hall–Kier alpha value is -2.87. The van der Waals surface area contributed by atoms with Crippen molar-refractivity contribution in [2.45, 2.75) is 32.8 Å². The van der Waals surface area contributed by atoms with Crippen molar-refractivity contribution in [3.05, 3.63) is 42.0 Å². The third-order valence-electron chi connectivity index (χ3n) is 4.56. The number of hydrogen-bond acceptors (Lipinski definition) is 7. The molecule has 7 nitrogen and oxygen atoms in total. The van der Waals surface area contributed by atoms with Crippen LogP contribution in [0.15, 0.2) is 35.7 Å². The van der Waals surface area contributed by atoms with Crippen LogP contribution < -0.4 is 4.90 Å². The molecule has 3 rings (SSSR count). The molecule has 1 aromatic heterocycles. The van der Waals surface area contributed by atoms with Gasteiger partial charge in [0.1, 0.15) is 18.2 Å². The van der Waals surface area contributed by atoms with Crippen molar-refractivity contribution >= 4 is 17.4 Å². The molecule has 1 aliphatic rings. The van der Waals surface area contributed by atoms with E-state index >= 15 is 0 Å². The first-order chi connectivity index (χ1) is 13.6. The predicted octanol–water partition coefficient (Wildman–Crippen LogP) is 2.73. The maximum Gasteiger partial charge on any atom is 0.225 e. The molecule has 8 heteroatoms. The van der Waals surface area contributed by atoms with Crippen LogP contribution in [0.2, 0.25) is 0 Å². The fourth-order valence-corrected chi connectivity index (χ4v) is 2.93. The van der Waals surface area contributed by atoms with E-state index in [1.165, 1.54) is 6.92 Å². The molecule has 0 saturated carbocycles. The standard InChI is InChI=1S/C20H23FN4O3/c1-14(27)7-10-28-24-17-5-8-25(9-6-17)20-22-11-16(12-23-20)18-4-2-3-15(13-26)19(18)21/h2-4,11-12,26H,5-10,13H2,1H3. The smallest absolute Gasteiger partial charge is 0.225 e. The largest absolute Gasteiger partial charge is 0.395 e. The molecule has 148 valence electrons. The molecule has 1 aromatic carbocycles. The number of halogens is 1. The van der Waals surface area contributed by atoms with Gasteiger partial charge in [0.15, 0.2) is 0 Å². The number of anilines is 1. The van der Waals surface area contributed by atoms with Gasteiger partial charge in [-0.1, -0.05) is 23.4 Å². The average molecular weight is 386 g/mol. The lowest BCUT2D eigenvalue weighted by Crippen LogP contribution is -2.35. The Kier molecular flexibility index (Phi) is 6.65. The number of hydrogen-bond donors (Lipinski definition) is 1. The molecule has 1 saturated heterocycles. The van der Waals surface area contributed by atoms with Gasteiger partial charge in [-0.2, -0.15) is 0 Å². The van der Waals surface area contributed by atoms with Crippen LogP contribution in [0.3, 0.4) is 0 Å². The van der Waals surface area contributed by atoms with Gasteiger partial charge >= 0.3 is 0 Å². The summed E-state index contributed by atoms with van der Waals surface area (Å²) >= 11 is 0. The topological polar surface area (TPSA) is 87.9 Å². The van der Waals surface area contributed by atoms with E-state index in [9.17, 15) is 14.3 Å². The SMILES string of the molecule is CC(=O)CCON=C1CCN(c2ncc(-c3cccc(CO)c3F)cn2)CC1. The zero-order valence-corrected chi connectivity index (χ0v) is 15.8. The van der Waals surface area contributed by atoms with E-state index in [0.29, 0.717) is 43.2 Å². The summed E-state index contributed by atoms with van der Waals surface area (Å²) in [5.74, 6) is 0.211. The van der Waals surface area contributed by atoms with Gasteiger partial charge in [-0.3, -0.25) is 4.79 Å². The van der Waals surface area contributed by atoms with E-state index in [4.69, 9.17) is 4.84 Å². The van der Waals surface area contributed by atoms with Gasteiger partial charge in [-0.15, -0.1) is 0 Å². The third kappa shape index (κ3) is 4.89. The summed E-state index contributed by atoms with van der Waals surface area (Å²) in [4.78, 5) is 26.8. The fraction of sp³-hybridized carbons (Fsp3) is 0.400. The Labute approximate surface area is 162 Å². The van der Waals surface area contributed by atoms with Crippen LogP contribution in [0.25, 0.3) is 11.1 Å². The van der Waals surface area contributed by atoms with Gasteiger partial charge in [0.2, 0.25) is 5.95 Å². The highest BCUT2D eigenvalue weighted by molar-refractivity contribution is 5.86. The summed E-state index contributed by atoms with van der Waals surface area (Å²) in [5, 5.41) is 13.3. The lowest BCUT2D eigenvalue weighted by Gasteiger charge is -2.27. The van der Waals surface area contributed by atoms with Gasteiger partial charge in [-0.25, -0.2) is 14.4 Å². The number of nitrogens with zero attached hydrogens (tertiary/aromatic N) is 4. The summed E-state index contributed by atoms with van der Waals surface area (Å²) in [6.45, 7) is 2.90. The van der Waals surface area contributed by atoms with Crippen LogP contribution in [0.5, 0.6) is 0 Å². The maximum atomic E-state index is 14.4. The number of piperidine rings is 1. The number of aliphatic hydroxyl groups is 1. The lowest BCUT2D eigenvalue weighted by molar-refractivity contribution is -0.118. The Morgan fingerprint density at radius 1 is 1.29 bits per heavy atom. The van der Waals surface area contributed by atoms with Crippen molar-refractivity contribution in [3.63, 3.8) is 0 Å². The molecule has 2 aromatic rings. The predicted molar refractivity (Wildman–Crippen MR) is 103 cm³/mol. The molecule has 28 heavy (non-hydrogen) atoms. The van der Waals surface area contributed by atoms with Crippen LogP contribution in [-0.4, -0.2) is 46.3 Å². The molecule has 0 aliphatic carbocycles. The number of carbonyl (C=O) groups is 1. The summed E-state index contributed by atoms with van der Waals surface area (Å²) in [7, 11) is 0. The van der Waals surface area contributed by atoms with E-state index in [1.807, 2.05) is 4.90 Å². The molecule has 1 fully saturated rings. The summed E-state index contributed by atoms with van der Waals surface area (Å²) in [5.41, 5.74) is 2.14. The van der Waals surface area contributed by atoms with E-state index in [2.05, 4.69) is 15.1 Å². The number of ketones is 1. The molecule has 0 bridgehead atoms. The van der Waals surface area contributed by atoms with Crippen LogP contribution in [0.1, 0.15) is 31.7 Å². The number of benzene rings is 1. The Morgan fingerprint density at radius 2 is 2.00 bits per heavy atom. The highest BCUT2D eigenvalue weighted by Gasteiger charge is 2.18. The monoisotopic (exact) mass is 386 g/mol. The summed E-state index contributed by atoms with van der Waals surface area (Å²) in [6.07, 6.45) is 5.02. The number of oxime groups is 1. The van der Waals surface area contributed by atoms with E-state index < -0.39 is 5.82 Å². The molecule has 0 atom stereocenters. The number of rotatable bonds is 7. The van der Waals surface area contributed by atoms with E-state index in [1.54, 1.807) is 30.6 Å². The van der Waals surface area contributed by atoms with Crippen molar-refractivity contribution in [1.82, 2.24) is 9.97 Å². The minimum absolute atomic E-state index is 0.0820. The van der Waals surface area contributed by atoms with Gasteiger partial charge in [0, 0.05) is 61.4 Å². The first-order valence-electron chi connectivity index (χ1n) is 9.21. The van der Waals surface area contributed by atoms with Crippen molar-refractivity contribution < 1.29 is 19.1 Å². The molecule has 0 radical (unpaired) electrons. The lowest BCUT2D eigenvalue weighted by atomic mass is 10.1. The normalized spacial score (nSPS) is 14.1. The van der Waals surface area contributed by atoms with Gasteiger partial charge in [0.25, 0.3) is 0 Å². The Bertz CT molecular complexity index is 845. The molecule has 0 unspecified atom stereocenters. The number of aliphatic hydroxyl groups excluding tert-OH is 1. The molecule has 1 N–H and O–H groups in total. The second-order valence-electron chi connectivity index (χ2n) is 6.64. The number of Topliss-reactive ketones (excluding diaryl/α,β-unsaturated/α-hetero) is 1. The number of aromatic nitrogens is 2. The zero-order chi connectivity index (χ0) is 19.9. The number of carbonyl (C=O) groups excluding carboxylic acids is 1. The van der Waals surface area contributed by atoms with E-state index in [0.717, 1.165) is 18.6 Å². The van der Waals surface area contributed by atoms with Gasteiger partial charge in [-0.05, 0) is 6.92 Å². The molecular weight excluding hydrogens is 363 g/mol.